The molecule has 1 aromatic rings. The molecule has 17 heavy (non-hydrogen) atoms. The molecule has 1 aliphatic rings. The second-order valence-corrected chi connectivity index (χ2v) is 5.67. The molecule has 94 valence electrons. The number of pyridine rings is 1. The number of nitrogens with zero attached hydrogens (tertiary/aromatic N) is 1. The summed E-state index contributed by atoms with van der Waals surface area (Å²) in [5.74, 6) is 0.627. The van der Waals surface area contributed by atoms with Crippen LogP contribution in [0.5, 0.6) is 5.75 Å². The Kier molecular flexibility index (Phi) is 3.08. The third-order valence-corrected chi connectivity index (χ3v) is 2.89. The second-order valence-electron chi connectivity index (χ2n) is 5.67. The highest BCUT2D eigenvalue weighted by Gasteiger charge is 2.37. The van der Waals surface area contributed by atoms with Gasteiger partial charge in [0.15, 0.2) is 5.67 Å². The van der Waals surface area contributed by atoms with E-state index in [2.05, 4.69) is 31.1 Å². The standard InChI is InChI=1S/C13H19FN2O/c1-12(2,3)11-5-4-10(6-16-11)17-9-13(14)7-15-8-13/h4-6,15H,7-9H2,1-3H3. The normalized spacial score (nSPS) is 18.6. The third-order valence-electron chi connectivity index (χ3n) is 2.89. The van der Waals surface area contributed by atoms with Crippen molar-refractivity contribution in [2.75, 3.05) is 19.7 Å². The topological polar surface area (TPSA) is 34.1 Å². The fourth-order valence-electron chi connectivity index (χ4n) is 1.62. The molecule has 0 saturated carbocycles. The van der Waals surface area contributed by atoms with Gasteiger partial charge in [0.2, 0.25) is 0 Å². The highest BCUT2D eigenvalue weighted by Crippen LogP contribution is 2.23. The van der Waals surface area contributed by atoms with Crippen LogP contribution in [0.15, 0.2) is 18.3 Å². The van der Waals surface area contributed by atoms with Gasteiger partial charge in [-0.15, -0.1) is 0 Å². The van der Waals surface area contributed by atoms with Crippen molar-refractivity contribution in [3.05, 3.63) is 24.0 Å². The molecule has 0 aromatic carbocycles. The average molecular weight is 238 g/mol. The summed E-state index contributed by atoms with van der Waals surface area (Å²) < 4.78 is 19.1. The Balaban J connectivity index is 1.94. The maximum Gasteiger partial charge on any atom is 0.169 e. The van der Waals surface area contributed by atoms with E-state index >= 15 is 0 Å². The number of rotatable bonds is 3. The molecule has 1 aliphatic heterocycles. The van der Waals surface area contributed by atoms with Crippen LogP contribution >= 0.6 is 0 Å². The van der Waals surface area contributed by atoms with Crippen LogP contribution < -0.4 is 10.1 Å². The first kappa shape index (κ1) is 12.3. The van der Waals surface area contributed by atoms with E-state index in [-0.39, 0.29) is 12.0 Å². The first-order chi connectivity index (χ1) is 7.89. The van der Waals surface area contributed by atoms with Gasteiger partial charge in [-0.2, -0.15) is 0 Å². The van der Waals surface area contributed by atoms with E-state index in [0.29, 0.717) is 18.8 Å². The molecule has 2 heterocycles. The van der Waals surface area contributed by atoms with E-state index in [0.717, 1.165) is 5.69 Å². The molecular formula is C13H19FN2O. The van der Waals surface area contributed by atoms with Crippen molar-refractivity contribution in [2.24, 2.45) is 0 Å². The van der Waals surface area contributed by atoms with Gasteiger partial charge in [0.1, 0.15) is 12.4 Å². The van der Waals surface area contributed by atoms with Crippen molar-refractivity contribution in [1.82, 2.24) is 10.3 Å². The second kappa shape index (κ2) is 4.26. The predicted octanol–water partition coefficient (Wildman–Crippen LogP) is 2.07. The van der Waals surface area contributed by atoms with Crippen LogP contribution in [0, 0.1) is 0 Å². The molecule has 1 N–H and O–H groups in total. The Morgan fingerprint density at radius 1 is 1.41 bits per heavy atom. The molecule has 0 spiro atoms. The number of aromatic nitrogens is 1. The van der Waals surface area contributed by atoms with E-state index in [9.17, 15) is 4.39 Å². The smallest absolute Gasteiger partial charge is 0.169 e. The van der Waals surface area contributed by atoms with E-state index in [4.69, 9.17) is 4.74 Å². The van der Waals surface area contributed by atoms with Gasteiger partial charge in [0.25, 0.3) is 0 Å². The molecule has 0 unspecified atom stereocenters. The molecule has 4 heteroatoms. The van der Waals surface area contributed by atoms with E-state index in [1.165, 1.54) is 0 Å². The van der Waals surface area contributed by atoms with E-state index in [1.54, 1.807) is 6.20 Å². The Bertz CT molecular complexity index is 379. The number of alkyl halides is 1. The Morgan fingerprint density at radius 2 is 2.12 bits per heavy atom. The predicted molar refractivity (Wildman–Crippen MR) is 65.1 cm³/mol. The highest BCUT2D eigenvalue weighted by molar-refractivity contribution is 5.23. The van der Waals surface area contributed by atoms with Gasteiger partial charge < -0.3 is 10.1 Å². The Morgan fingerprint density at radius 3 is 2.53 bits per heavy atom. The van der Waals surface area contributed by atoms with E-state index < -0.39 is 5.67 Å². The first-order valence-corrected chi connectivity index (χ1v) is 5.88. The summed E-state index contributed by atoms with van der Waals surface area (Å²) in [4.78, 5) is 4.33. The van der Waals surface area contributed by atoms with Crippen molar-refractivity contribution in [3.8, 4) is 5.75 Å². The minimum atomic E-state index is -1.21. The summed E-state index contributed by atoms with van der Waals surface area (Å²) in [5.41, 5.74) is -0.175. The number of nitrogens with one attached hydrogen (secondary N) is 1. The summed E-state index contributed by atoms with van der Waals surface area (Å²) in [7, 11) is 0. The summed E-state index contributed by atoms with van der Waals surface area (Å²) in [6.07, 6.45) is 1.66. The van der Waals surface area contributed by atoms with Crippen molar-refractivity contribution in [1.29, 1.82) is 0 Å². The van der Waals surface area contributed by atoms with E-state index in [1.807, 2.05) is 12.1 Å². The first-order valence-electron chi connectivity index (χ1n) is 5.88. The minimum Gasteiger partial charge on any atom is -0.489 e. The molecule has 2 rings (SSSR count). The molecule has 3 nitrogen and oxygen atoms in total. The lowest BCUT2D eigenvalue weighted by Gasteiger charge is -2.34. The highest BCUT2D eigenvalue weighted by atomic mass is 19.1. The van der Waals surface area contributed by atoms with Crippen molar-refractivity contribution >= 4 is 0 Å². The minimum absolute atomic E-state index is 0.0255. The molecule has 0 amide bonds. The number of ether oxygens (including phenoxy) is 1. The lowest BCUT2D eigenvalue weighted by Crippen LogP contribution is -2.59. The van der Waals surface area contributed by atoms with Crippen LogP contribution in [0.3, 0.4) is 0 Å². The molecule has 1 fully saturated rings. The fourth-order valence-corrected chi connectivity index (χ4v) is 1.62. The summed E-state index contributed by atoms with van der Waals surface area (Å²) >= 11 is 0. The van der Waals surface area contributed by atoms with Gasteiger partial charge in [-0.1, -0.05) is 20.8 Å². The zero-order valence-corrected chi connectivity index (χ0v) is 10.6. The maximum absolute atomic E-state index is 13.7. The zero-order chi connectivity index (χ0) is 12.5. The molecule has 1 aromatic heterocycles. The largest absolute Gasteiger partial charge is 0.489 e. The molecule has 0 radical (unpaired) electrons. The Labute approximate surface area is 101 Å². The van der Waals surface area contributed by atoms with Gasteiger partial charge in [0.05, 0.1) is 6.20 Å². The summed E-state index contributed by atoms with van der Waals surface area (Å²) in [6.45, 7) is 7.16. The summed E-state index contributed by atoms with van der Waals surface area (Å²) in [5, 5.41) is 2.90. The van der Waals surface area contributed by atoms with Crippen LogP contribution in [0.25, 0.3) is 0 Å². The van der Waals surface area contributed by atoms with Crippen LogP contribution in [-0.4, -0.2) is 30.3 Å². The number of hydrogen-bond acceptors (Lipinski definition) is 3. The summed E-state index contributed by atoms with van der Waals surface area (Å²) in [6, 6.07) is 3.78. The van der Waals surface area contributed by atoms with Crippen LogP contribution in [0.4, 0.5) is 4.39 Å². The average Bonchev–Trinajstić information content (AvgIpc) is 2.23. The lowest BCUT2D eigenvalue weighted by atomic mass is 9.92. The zero-order valence-electron chi connectivity index (χ0n) is 10.6. The van der Waals surface area contributed by atoms with Crippen molar-refractivity contribution < 1.29 is 9.13 Å². The van der Waals surface area contributed by atoms with Crippen LogP contribution in [0.1, 0.15) is 26.5 Å². The molecule has 0 atom stereocenters. The number of hydrogen-bond donors (Lipinski definition) is 1. The van der Waals surface area contributed by atoms with Crippen molar-refractivity contribution in [2.45, 2.75) is 31.9 Å². The molecular weight excluding hydrogens is 219 g/mol. The van der Waals surface area contributed by atoms with Gasteiger partial charge in [0, 0.05) is 24.2 Å². The van der Waals surface area contributed by atoms with Gasteiger partial charge in [-0.05, 0) is 12.1 Å². The van der Waals surface area contributed by atoms with Crippen molar-refractivity contribution in [3.63, 3.8) is 0 Å². The lowest BCUT2D eigenvalue weighted by molar-refractivity contribution is 0.0345. The van der Waals surface area contributed by atoms with Gasteiger partial charge in [-0.25, -0.2) is 4.39 Å². The monoisotopic (exact) mass is 238 g/mol. The Hall–Kier alpha value is -1.16. The van der Waals surface area contributed by atoms with Crippen LogP contribution in [-0.2, 0) is 5.41 Å². The molecule has 0 bridgehead atoms. The van der Waals surface area contributed by atoms with Crippen LogP contribution in [0.2, 0.25) is 0 Å². The number of halogens is 1. The molecule has 0 aliphatic carbocycles. The SMILES string of the molecule is CC(C)(C)c1ccc(OCC2(F)CNC2)cn1. The third kappa shape index (κ3) is 2.94. The quantitative estimate of drug-likeness (QED) is 0.875. The maximum atomic E-state index is 13.7. The van der Waals surface area contributed by atoms with Gasteiger partial charge >= 0.3 is 0 Å². The fraction of sp³-hybridized carbons (Fsp3) is 0.615. The van der Waals surface area contributed by atoms with Gasteiger partial charge in [-0.3, -0.25) is 4.98 Å². The molecule has 1 saturated heterocycles.